The number of anilines is 1. The number of hydrogen-bond acceptors (Lipinski definition) is 6. The molecule has 2 aromatic heterocycles. The van der Waals surface area contributed by atoms with Crippen molar-refractivity contribution >= 4 is 11.9 Å². The van der Waals surface area contributed by atoms with Crippen molar-refractivity contribution in [2.45, 2.75) is 19.9 Å². The summed E-state index contributed by atoms with van der Waals surface area (Å²) >= 11 is 0. The molecule has 0 aliphatic rings. The number of primary amides is 1. The number of amides is 1. The molecule has 0 saturated carbocycles. The number of benzene rings is 3. The van der Waals surface area contributed by atoms with E-state index in [1.165, 1.54) is 0 Å². The van der Waals surface area contributed by atoms with Gasteiger partial charge in [-0.2, -0.15) is 5.21 Å². The fourth-order valence-electron chi connectivity index (χ4n) is 4.24. The van der Waals surface area contributed by atoms with Gasteiger partial charge in [0.1, 0.15) is 5.69 Å². The second-order valence-corrected chi connectivity index (χ2v) is 8.13. The van der Waals surface area contributed by atoms with Crippen molar-refractivity contribution in [1.29, 1.82) is 0 Å². The molecule has 0 aliphatic carbocycles. The lowest BCUT2D eigenvalue weighted by Gasteiger charge is -2.12. The Labute approximate surface area is 201 Å². The van der Waals surface area contributed by atoms with Crippen molar-refractivity contribution in [3.63, 3.8) is 0 Å². The third-order valence-corrected chi connectivity index (χ3v) is 5.96. The first kappa shape index (κ1) is 22.0. The Kier molecular flexibility index (Phi) is 5.80. The molecule has 3 aromatic carbocycles. The molecular weight excluding hydrogens is 440 g/mol. The quantitative estimate of drug-likeness (QED) is 0.335. The number of nitrogens with zero attached hydrogens (tertiary/aromatic N) is 5. The molecule has 0 unspecified atom stereocenters. The number of tetrazole rings is 1. The van der Waals surface area contributed by atoms with Gasteiger partial charge in [0.2, 0.25) is 11.8 Å². The second-order valence-electron chi connectivity index (χ2n) is 8.13. The van der Waals surface area contributed by atoms with Gasteiger partial charge in [-0.25, -0.2) is 4.98 Å². The van der Waals surface area contributed by atoms with Crippen molar-refractivity contribution < 1.29 is 4.79 Å². The molecule has 9 heteroatoms. The van der Waals surface area contributed by atoms with Crippen LogP contribution >= 0.6 is 0 Å². The van der Waals surface area contributed by atoms with E-state index in [2.05, 4.69) is 49.9 Å². The van der Waals surface area contributed by atoms with Gasteiger partial charge in [0, 0.05) is 5.56 Å². The van der Waals surface area contributed by atoms with Gasteiger partial charge < -0.3 is 16.0 Å². The average Bonchev–Trinajstić information content (AvgIpc) is 3.53. The largest absolute Gasteiger partial charge is 0.369 e. The maximum Gasteiger partial charge on any atom is 0.267 e. The summed E-state index contributed by atoms with van der Waals surface area (Å²) in [6.07, 6.45) is 0.574. The number of imidazole rings is 1. The highest BCUT2D eigenvalue weighted by atomic mass is 16.1. The predicted molar refractivity (Wildman–Crippen MR) is 134 cm³/mol. The summed E-state index contributed by atoms with van der Waals surface area (Å²) in [5, 5.41) is 14.6. The maximum absolute atomic E-state index is 12.0. The van der Waals surface area contributed by atoms with Crippen molar-refractivity contribution in [3.05, 3.63) is 89.7 Å². The normalized spacial score (nSPS) is 11.0. The van der Waals surface area contributed by atoms with E-state index in [1.54, 1.807) is 4.57 Å². The zero-order valence-electron chi connectivity index (χ0n) is 19.1. The summed E-state index contributed by atoms with van der Waals surface area (Å²) in [6.45, 7) is 2.30. The van der Waals surface area contributed by atoms with Crippen LogP contribution in [-0.2, 0) is 13.0 Å². The number of carbonyl (C=O) groups is 1. The van der Waals surface area contributed by atoms with Gasteiger partial charge in [0.15, 0.2) is 0 Å². The molecule has 0 saturated heterocycles. The van der Waals surface area contributed by atoms with Gasteiger partial charge in [0.25, 0.3) is 5.91 Å². The average molecular weight is 465 g/mol. The maximum atomic E-state index is 12.0. The SMILES string of the molecule is CCc1nc(N)n(Cc2ccc(-c3cc(-c4ccccc4)ccc3-c3nn[nH]n3)cc2)c1C(N)=O. The predicted octanol–water partition coefficient (Wildman–Crippen LogP) is 3.69. The Morgan fingerprint density at radius 3 is 2.34 bits per heavy atom. The Balaban J connectivity index is 1.53. The molecule has 5 aromatic rings. The first-order chi connectivity index (χ1) is 17.0. The minimum Gasteiger partial charge on any atom is -0.369 e. The summed E-state index contributed by atoms with van der Waals surface area (Å²) in [5.41, 5.74) is 18.7. The number of nitrogens with two attached hydrogens (primary N) is 2. The molecule has 0 fully saturated rings. The smallest absolute Gasteiger partial charge is 0.267 e. The van der Waals surface area contributed by atoms with Crippen LogP contribution in [0.4, 0.5) is 5.95 Å². The van der Waals surface area contributed by atoms with E-state index in [-0.39, 0.29) is 5.95 Å². The molecule has 35 heavy (non-hydrogen) atoms. The van der Waals surface area contributed by atoms with E-state index in [9.17, 15) is 4.79 Å². The number of carbonyl (C=O) groups excluding carboxylic acids is 1. The van der Waals surface area contributed by atoms with Crippen LogP contribution in [0.5, 0.6) is 0 Å². The molecule has 5 rings (SSSR count). The molecule has 0 spiro atoms. The Morgan fingerprint density at radius 2 is 1.69 bits per heavy atom. The summed E-state index contributed by atoms with van der Waals surface area (Å²) in [7, 11) is 0. The number of rotatable bonds is 7. The number of nitrogens with one attached hydrogen (secondary N) is 1. The highest BCUT2D eigenvalue weighted by Gasteiger charge is 2.19. The van der Waals surface area contributed by atoms with Crippen molar-refractivity contribution in [1.82, 2.24) is 30.2 Å². The van der Waals surface area contributed by atoms with Gasteiger partial charge >= 0.3 is 0 Å². The van der Waals surface area contributed by atoms with Crippen LogP contribution in [0.3, 0.4) is 0 Å². The first-order valence-corrected chi connectivity index (χ1v) is 11.2. The minimum absolute atomic E-state index is 0.273. The molecule has 0 radical (unpaired) electrons. The van der Waals surface area contributed by atoms with E-state index >= 15 is 0 Å². The van der Waals surface area contributed by atoms with Crippen LogP contribution in [0.2, 0.25) is 0 Å². The van der Waals surface area contributed by atoms with E-state index in [0.717, 1.165) is 33.4 Å². The lowest BCUT2D eigenvalue weighted by atomic mass is 9.93. The Morgan fingerprint density at radius 1 is 0.943 bits per heavy atom. The van der Waals surface area contributed by atoms with Gasteiger partial charge in [0.05, 0.1) is 12.2 Å². The Hall–Kier alpha value is -4.79. The number of H-pyrrole nitrogens is 1. The van der Waals surface area contributed by atoms with E-state index in [4.69, 9.17) is 11.5 Å². The van der Waals surface area contributed by atoms with Crippen LogP contribution < -0.4 is 11.5 Å². The molecule has 9 nitrogen and oxygen atoms in total. The second kappa shape index (κ2) is 9.22. The van der Waals surface area contributed by atoms with E-state index < -0.39 is 5.91 Å². The molecule has 1 amide bonds. The molecule has 0 bridgehead atoms. The third kappa shape index (κ3) is 4.26. The number of aromatic amines is 1. The van der Waals surface area contributed by atoms with Crippen molar-refractivity contribution in [2.24, 2.45) is 5.73 Å². The molecule has 174 valence electrons. The zero-order chi connectivity index (χ0) is 24.4. The summed E-state index contributed by atoms with van der Waals surface area (Å²) in [6, 6.07) is 24.4. The van der Waals surface area contributed by atoms with Gasteiger partial charge in [-0.1, -0.05) is 67.6 Å². The summed E-state index contributed by atoms with van der Waals surface area (Å²) in [4.78, 5) is 16.3. The summed E-state index contributed by atoms with van der Waals surface area (Å²) < 4.78 is 1.66. The number of aromatic nitrogens is 6. The van der Waals surface area contributed by atoms with Crippen LogP contribution in [-0.4, -0.2) is 36.1 Å². The topological polar surface area (TPSA) is 141 Å². The third-order valence-electron chi connectivity index (χ3n) is 5.96. The van der Waals surface area contributed by atoms with Crippen LogP contribution in [0.15, 0.2) is 72.8 Å². The van der Waals surface area contributed by atoms with Gasteiger partial charge in [-0.3, -0.25) is 4.79 Å². The van der Waals surface area contributed by atoms with Crippen molar-refractivity contribution in [2.75, 3.05) is 5.73 Å². The molecule has 0 aliphatic heterocycles. The summed E-state index contributed by atoms with van der Waals surface area (Å²) in [5.74, 6) is 0.257. The fraction of sp³-hybridized carbons (Fsp3) is 0.115. The lowest BCUT2D eigenvalue weighted by Crippen LogP contribution is -2.20. The molecule has 2 heterocycles. The molecule has 0 atom stereocenters. The van der Waals surface area contributed by atoms with E-state index in [0.29, 0.717) is 30.2 Å². The number of nitrogen functional groups attached to an aromatic ring is 1. The number of hydrogen-bond donors (Lipinski definition) is 3. The standard InChI is InChI=1S/C26H24N8O/c1-2-22-23(24(27)35)34(26(28)29-22)15-16-8-10-18(11-9-16)21-14-19(17-6-4-3-5-7-17)12-13-20(21)25-30-32-33-31-25/h3-14H,2,15H2,1H3,(H2,27,35)(H2,28,29)(H,30,31,32,33). The fourth-order valence-corrected chi connectivity index (χ4v) is 4.24. The van der Waals surface area contributed by atoms with Gasteiger partial charge in [-0.05, 0) is 51.6 Å². The molecular formula is C26H24N8O. The highest BCUT2D eigenvalue weighted by Crippen LogP contribution is 2.34. The van der Waals surface area contributed by atoms with Crippen LogP contribution in [0.25, 0.3) is 33.6 Å². The van der Waals surface area contributed by atoms with E-state index in [1.807, 2.05) is 55.5 Å². The van der Waals surface area contributed by atoms with Crippen LogP contribution in [0.1, 0.15) is 28.7 Å². The zero-order valence-corrected chi connectivity index (χ0v) is 19.1. The Bertz CT molecular complexity index is 1470. The van der Waals surface area contributed by atoms with Gasteiger partial charge in [-0.15, -0.1) is 10.2 Å². The highest BCUT2D eigenvalue weighted by molar-refractivity contribution is 5.93. The monoisotopic (exact) mass is 464 g/mol. The first-order valence-electron chi connectivity index (χ1n) is 11.2. The van der Waals surface area contributed by atoms with Crippen molar-refractivity contribution in [3.8, 4) is 33.6 Å². The molecule has 5 N–H and O–H groups in total. The number of aryl methyl sites for hydroxylation is 1. The lowest BCUT2D eigenvalue weighted by molar-refractivity contribution is 0.0991. The minimum atomic E-state index is -0.537. The van der Waals surface area contributed by atoms with Crippen LogP contribution in [0, 0.1) is 0 Å².